The van der Waals surface area contributed by atoms with Crippen molar-refractivity contribution < 1.29 is 19.7 Å². The average molecular weight is 425 g/mol. The summed E-state index contributed by atoms with van der Waals surface area (Å²) in [6, 6.07) is 13.5. The minimum absolute atomic E-state index is 0.0539. The van der Waals surface area contributed by atoms with Crippen LogP contribution in [0.2, 0.25) is 0 Å². The van der Waals surface area contributed by atoms with Gasteiger partial charge in [0.05, 0.1) is 13.2 Å². The standard InChI is InChI=1S/C25H32N2O4/c1-18(28)27-14-5-7-19-15-20(10-11-22(19)27)23(29)16-26-13-6-12-25(30,17-26)21-8-3-4-9-24(21)31-2/h3-4,8-11,15,23,29-30H,5-7,12-14,16-17H2,1-2H3/t23-,25-/m0/s1. The normalized spacial score (nSPS) is 22.6. The van der Waals surface area contributed by atoms with Crippen LogP contribution in [0.4, 0.5) is 5.69 Å². The third-order valence-corrected chi connectivity index (χ3v) is 6.58. The molecule has 1 saturated heterocycles. The molecular weight excluding hydrogens is 392 g/mol. The van der Waals surface area contributed by atoms with E-state index in [1.165, 1.54) is 0 Å². The molecule has 2 aliphatic heterocycles. The number of benzene rings is 2. The summed E-state index contributed by atoms with van der Waals surface area (Å²) >= 11 is 0. The van der Waals surface area contributed by atoms with Crippen molar-refractivity contribution in [3.05, 3.63) is 59.2 Å². The number of likely N-dealkylation sites (tertiary alicyclic amines) is 1. The lowest BCUT2D eigenvalue weighted by molar-refractivity contribution is -0.116. The van der Waals surface area contributed by atoms with Gasteiger partial charge in [-0.25, -0.2) is 0 Å². The molecule has 166 valence electrons. The average Bonchev–Trinajstić information content (AvgIpc) is 2.78. The van der Waals surface area contributed by atoms with Gasteiger partial charge in [-0.2, -0.15) is 0 Å². The van der Waals surface area contributed by atoms with Crippen LogP contribution in [-0.4, -0.2) is 54.3 Å². The smallest absolute Gasteiger partial charge is 0.223 e. The molecule has 0 aliphatic carbocycles. The van der Waals surface area contributed by atoms with E-state index < -0.39 is 11.7 Å². The van der Waals surface area contributed by atoms with Crippen molar-refractivity contribution in [2.24, 2.45) is 0 Å². The van der Waals surface area contributed by atoms with Gasteiger partial charge in [0.1, 0.15) is 11.4 Å². The summed E-state index contributed by atoms with van der Waals surface area (Å²) in [6.45, 7) is 4.08. The van der Waals surface area contributed by atoms with E-state index in [1.807, 2.05) is 47.4 Å². The number of aliphatic hydroxyl groups is 2. The molecular formula is C25H32N2O4. The number of hydrogen-bond acceptors (Lipinski definition) is 5. The number of anilines is 1. The molecule has 0 unspecified atom stereocenters. The first kappa shape index (κ1) is 21.8. The quantitative estimate of drug-likeness (QED) is 0.772. The molecule has 0 aromatic heterocycles. The van der Waals surface area contributed by atoms with Crippen LogP contribution in [0.15, 0.2) is 42.5 Å². The topological polar surface area (TPSA) is 73.2 Å². The van der Waals surface area contributed by atoms with Crippen LogP contribution in [0.5, 0.6) is 5.75 Å². The molecule has 31 heavy (non-hydrogen) atoms. The summed E-state index contributed by atoms with van der Waals surface area (Å²) in [5.74, 6) is 0.746. The third kappa shape index (κ3) is 4.47. The van der Waals surface area contributed by atoms with Crippen LogP contribution >= 0.6 is 0 Å². The third-order valence-electron chi connectivity index (χ3n) is 6.58. The number of rotatable bonds is 5. The molecule has 2 heterocycles. The minimum atomic E-state index is -0.998. The lowest BCUT2D eigenvalue weighted by Crippen LogP contribution is -2.47. The Balaban J connectivity index is 1.49. The number of amides is 1. The van der Waals surface area contributed by atoms with Gasteiger partial charge in [0, 0.05) is 37.8 Å². The molecule has 1 amide bonds. The van der Waals surface area contributed by atoms with E-state index in [-0.39, 0.29) is 5.91 Å². The highest BCUT2D eigenvalue weighted by molar-refractivity contribution is 5.92. The molecule has 1 fully saturated rings. The van der Waals surface area contributed by atoms with Gasteiger partial charge >= 0.3 is 0 Å². The Morgan fingerprint density at radius 1 is 1.19 bits per heavy atom. The number of ether oxygens (including phenoxy) is 1. The van der Waals surface area contributed by atoms with Gasteiger partial charge in [0.25, 0.3) is 0 Å². The summed E-state index contributed by atoms with van der Waals surface area (Å²) in [6.07, 6.45) is 2.71. The van der Waals surface area contributed by atoms with E-state index in [4.69, 9.17) is 4.74 Å². The van der Waals surface area contributed by atoms with Crippen molar-refractivity contribution in [3.8, 4) is 5.75 Å². The second-order valence-electron chi connectivity index (χ2n) is 8.75. The molecule has 6 heteroatoms. The fraction of sp³-hybridized carbons (Fsp3) is 0.480. The highest BCUT2D eigenvalue weighted by atomic mass is 16.5. The molecule has 2 aromatic carbocycles. The first-order valence-electron chi connectivity index (χ1n) is 11.1. The summed E-state index contributed by atoms with van der Waals surface area (Å²) in [4.78, 5) is 15.8. The second-order valence-corrected chi connectivity index (χ2v) is 8.75. The number of aliphatic hydroxyl groups excluding tert-OH is 1. The number of methoxy groups -OCH3 is 1. The molecule has 0 bridgehead atoms. The molecule has 2 aromatic rings. The minimum Gasteiger partial charge on any atom is -0.496 e. The SMILES string of the molecule is COc1ccccc1[C@]1(O)CCCN(C[C@H](O)c2ccc3c(c2)CCCN3C(C)=O)C1. The highest BCUT2D eigenvalue weighted by Gasteiger charge is 2.37. The van der Waals surface area contributed by atoms with E-state index in [9.17, 15) is 15.0 Å². The van der Waals surface area contributed by atoms with E-state index in [0.29, 0.717) is 25.3 Å². The van der Waals surface area contributed by atoms with E-state index >= 15 is 0 Å². The summed E-state index contributed by atoms with van der Waals surface area (Å²) in [5, 5.41) is 22.4. The van der Waals surface area contributed by atoms with Crippen molar-refractivity contribution in [1.29, 1.82) is 0 Å². The molecule has 2 aliphatic rings. The van der Waals surface area contributed by atoms with Gasteiger partial charge in [-0.15, -0.1) is 0 Å². The van der Waals surface area contributed by atoms with Crippen molar-refractivity contribution in [2.45, 2.75) is 44.3 Å². The lowest BCUT2D eigenvalue weighted by atomic mass is 9.85. The van der Waals surface area contributed by atoms with Gasteiger partial charge in [-0.1, -0.05) is 30.3 Å². The van der Waals surface area contributed by atoms with Crippen LogP contribution < -0.4 is 9.64 Å². The fourth-order valence-electron chi connectivity index (χ4n) is 5.03. The van der Waals surface area contributed by atoms with Gasteiger partial charge in [0.2, 0.25) is 5.91 Å². The second kappa shape index (κ2) is 8.99. The van der Waals surface area contributed by atoms with E-state index in [1.54, 1.807) is 14.0 Å². The molecule has 2 N–H and O–H groups in total. The van der Waals surface area contributed by atoms with Crippen LogP contribution in [-0.2, 0) is 16.8 Å². The summed E-state index contributed by atoms with van der Waals surface area (Å²) in [5.41, 5.74) is 2.73. The Labute approximate surface area is 184 Å². The first-order valence-corrected chi connectivity index (χ1v) is 11.1. The highest BCUT2D eigenvalue weighted by Crippen LogP contribution is 2.37. The van der Waals surface area contributed by atoms with Crippen molar-refractivity contribution in [2.75, 3.05) is 38.2 Å². The van der Waals surface area contributed by atoms with Gasteiger partial charge < -0.3 is 19.8 Å². The predicted octanol–water partition coefficient (Wildman–Crippen LogP) is 3.01. The number of carbonyl (C=O) groups excluding carboxylic acids is 1. The maximum atomic E-state index is 11.9. The summed E-state index contributed by atoms with van der Waals surface area (Å²) < 4.78 is 5.47. The van der Waals surface area contributed by atoms with Crippen molar-refractivity contribution in [3.63, 3.8) is 0 Å². The van der Waals surface area contributed by atoms with Gasteiger partial charge in [0.15, 0.2) is 0 Å². The maximum absolute atomic E-state index is 11.9. The largest absolute Gasteiger partial charge is 0.496 e. The van der Waals surface area contributed by atoms with Gasteiger partial charge in [-0.05, 0) is 55.5 Å². The van der Waals surface area contributed by atoms with Crippen molar-refractivity contribution >= 4 is 11.6 Å². The Bertz CT molecular complexity index is 947. The van der Waals surface area contributed by atoms with Crippen molar-refractivity contribution in [1.82, 2.24) is 4.90 Å². The zero-order valence-electron chi connectivity index (χ0n) is 18.4. The summed E-state index contributed by atoms with van der Waals surface area (Å²) in [7, 11) is 1.62. The molecule has 6 nitrogen and oxygen atoms in total. The zero-order valence-corrected chi connectivity index (χ0v) is 18.4. The number of nitrogens with zero attached hydrogens (tertiary/aromatic N) is 2. The number of fused-ring (bicyclic) bond motifs is 1. The monoisotopic (exact) mass is 424 g/mol. The number of carbonyl (C=O) groups is 1. The van der Waals surface area contributed by atoms with Crippen LogP contribution in [0.1, 0.15) is 49.0 Å². The Kier molecular flexibility index (Phi) is 6.32. The number of piperidine rings is 1. The number of β-amino-alcohol motifs (C(OH)–C–C–N with tert-alkyl or cyclic N) is 2. The molecule has 0 spiro atoms. The lowest BCUT2D eigenvalue weighted by Gasteiger charge is -2.40. The zero-order chi connectivity index (χ0) is 22.0. The number of para-hydroxylation sites is 1. The van der Waals surface area contributed by atoms with Crippen LogP contribution in [0, 0.1) is 0 Å². The molecule has 4 rings (SSSR count). The number of hydrogen-bond donors (Lipinski definition) is 2. The Hall–Kier alpha value is -2.41. The molecule has 0 radical (unpaired) electrons. The van der Waals surface area contributed by atoms with E-state index in [2.05, 4.69) is 4.90 Å². The van der Waals surface area contributed by atoms with E-state index in [0.717, 1.165) is 54.7 Å². The number of aryl methyl sites for hydroxylation is 1. The molecule has 0 saturated carbocycles. The fourth-order valence-corrected chi connectivity index (χ4v) is 5.03. The maximum Gasteiger partial charge on any atom is 0.223 e. The Morgan fingerprint density at radius 2 is 2.00 bits per heavy atom. The van der Waals surface area contributed by atoms with Gasteiger partial charge in [-0.3, -0.25) is 9.69 Å². The van der Waals surface area contributed by atoms with Crippen LogP contribution in [0.25, 0.3) is 0 Å². The first-order chi connectivity index (χ1) is 14.9. The predicted molar refractivity (Wildman–Crippen MR) is 120 cm³/mol. The Morgan fingerprint density at radius 3 is 2.77 bits per heavy atom. The molecule has 2 atom stereocenters. The van der Waals surface area contributed by atoms with Crippen LogP contribution in [0.3, 0.4) is 0 Å².